The summed E-state index contributed by atoms with van der Waals surface area (Å²) in [4.78, 5) is 4.01. The van der Waals surface area contributed by atoms with E-state index < -0.39 is 31.9 Å². The van der Waals surface area contributed by atoms with E-state index in [4.69, 9.17) is 4.74 Å². The fourth-order valence-electron chi connectivity index (χ4n) is 3.57. The van der Waals surface area contributed by atoms with Gasteiger partial charge in [0.05, 0.1) is 23.0 Å². The normalized spacial score (nSPS) is 16.5. The number of aryl methyl sites for hydroxylation is 1. The van der Waals surface area contributed by atoms with Gasteiger partial charge in [0.2, 0.25) is 20.0 Å². The van der Waals surface area contributed by atoms with Crippen molar-refractivity contribution in [1.29, 1.82) is 0 Å². The highest BCUT2D eigenvalue weighted by Gasteiger charge is 2.29. The van der Waals surface area contributed by atoms with E-state index in [0.29, 0.717) is 19.0 Å². The van der Waals surface area contributed by atoms with Crippen LogP contribution in [0.2, 0.25) is 0 Å². The summed E-state index contributed by atoms with van der Waals surface area (Å²) >= 11 is 0. The molecular weight excluding hydrogens is 471 g/mol. The quantitative estimate of drug-likeness (QED) is 0.535. The highest BCUT2D eigenvalue weighted by atomic mass is 32.2. The number of ether oxygens (including phenoxy) is 1. The number of nitrogens with one attached hydrogen (secondary N) is 1. The molecule has 4 rings (SSSR count). The van der Waals surface area contributed by atoms with Crippen molar-refractivity contribution in [3.63, 3.8) is 0 Å². The van der Waals surface area contributed by atoms with Gasteiger partial charge in [-0.15, -0.1) is 0 Å². The summed E-state index contributed by atoms with van der Waals surface area (Å²) in [6.07, 6.45) is 3.12. The van der Waals surface area contributed by atoms with E-state index in [9.17, 15) is 21.2 Å². The maximum Gasteiger partial charge on any atom is 0.243 e. The molecule has 1 aliphatic rings. The summed E-state index contributed by atoms with van der Waals surface area (Å²) in [6, 6.07) is 9.67. The van der Waals surface area contributed by atoms with E-state index in [2.05, 4.69) is 9.71 Å². The van der Waals surface area contributed by atoms with E-state index in [1.807, 2.05) is 0 Å². The minimum absolute atomic E-state index is 0.0156. The highest BCUT2D eigenvalue weighted by molar-refractivity contribution is 7.89. The Morgan fingerprint density at radius 3 is 2.24 bits per heavy atom. The predicted octanol–water partition coefficient (Wildman–Crippen LogP) is 1.65. The van der Waals surface area contributed by atoms with Crippen LogP contribution in [0.25, 0.3) is 0 Å². The number of nitrogens with zero attached hydrogens (tertiary/aromatic N) is 3. The second-order valence-corrected chi connectivity index (χ2v) is 11.1. The third kappa shape index (κ3) is 4.84. The zero-order valence-electron chi connectivity index (χ0n) is 17.8. The monoisotopic (exact) mass is 494 g/mol. The second kappa shape index (κ2) is 9.31. The first-order valence-electron chi connectivity index (χ1n) is 10.1. The zero-order valence-corrected chi connectivity index (χ0v) is 19.4. The van der Waals surface area contributed by atoms with Crippen LogP contribution in [0.1, 0.15) is 17.4 Å². The lowest BCUT2D eigenvalue weighted by Crippen LogP contribution is -2.40. The van der Waals surface area contributed by atoms with Gasteiger partial charge in [-0.05, 0) is 30.3 Å². The smallest absolute Gasteiger partial charge is 0.243 e. The molecule has 1 fully saturated rings. The Kier molecular flexibility index (Phi) is 6.64. The van der Waals surface area contributed by atoms with Crippen LogP contribution < -0.4 is 4.72 Å². The van der Waals surface area contributed by atoms with E-state index in [1.54, 1.807) is 23.9 Å². The van der Waals surface area contributed by atoms with Crippen molar-refractivity contribution in [3.8, 4) is 0 Å². The molecule has 1 aliphatic heterocycles. The van der Waals surface area contributed by atoms with E-state index in [1.165, 1.54) is 53.0 Å². The Morgan fingerprint density at radius 1 is 1.00 bits per heavy atom. The van der Waals surface area contributed by atoms with Gasteiger partial charge in [0, 0.05) is 38.1 Å². The number of imidazole rings is 1. The highest BCUT2D eigenvalue weighted by Crippen LogP contribution is 2.26. The van der Waals surface area contributed by atoms with Gasteiger partial charge in [-0.25, -0.2) is 26.2 Å². The molecule has 176 valence electrons. The van der Waals surface area contributed by atoms with E-state index >= 15 is 0 Å². The van der Waals surface area contributed by atoms with Crippen LogP contribution >= 0.6 is 0 Å². The minimum atomic E-state index is -4.15. The molecule has 9 nitrogen and oxygen atoms in total. The maximum atomic E-state index is 14.5. The number of hydrogen-bond donors (Lipinski definition) is 1. The number of rotatable bonds is 7. The summed E-state index contributed by atoms with van der Waals surface area (Å²) in [7, 11) is -6.24. The number of aromatic nitrogens is 2. The molecule has 1 aromatic heterocycles. The van der Waals surface area contributed by atoms with Gasteiger partial charge in [-0.1, -0.05) is 18.2 Å². The maximum absolute atomic E-state index is 14.5. The molecule has 1 N–H and O–H groups in total. The van der Waals surface area contributed by atoms with Crippen molar-refractivity contribution in [2.45, 2.75) is 15.8 Å². The molecule has 0 bridgehead atoms. The van der Waals surface area contributed by atoms with Crippen molar-refractivity contribution in [2.75, 3.05) is 26.3 Å². The van der Waals surface area contributed by atoms with Crippen molar-refractivity contribution in [1.82, 2.24) is 18.6 Å². The van der Waals surface area contributed by atoms with Gasteiger partial charge in [-0.2, -0.15) is 9.03 Å². The van der Waals surface area contributed by atoms with Gasteiger partial charge < -0.3 is 9.30 Å². The lowest BCUT2D eigenvalue weighted by Gasteiger charge is -2.26. The SMILES string of the molecule is Cn1ccnc1C(NS(=O)(=O)c1ccc(S(=O)(=O)N2CCOCC2)cc1)c1ccccc1F. The molecule has 2 heterocycles. The summed E-state index contributed by atoms with van der Waals surface area (Å²) in [5.41, 5.74) is 0.113. The van der Waals surface area contributed by atoms with Gasteiger partial charge >= 0.3 is 0 Å². The molecule has 1 saturated heterocycles. The number of morpholine rings is 1. The molecule has 0 saturated carbocycles. The van der Waals surface area contributed by atoms with Crippen LogP contribution in [0.4, 0.5) is 4.39 Å². The second-order valence-electron chi connectivity index (χ2n) is 7.46. The van der Waals surface area contributed by atoms with Crippen LogP contribution in [0.15, 0.2) is 70.7 Å². The van der Waals surface area contributed by atoms with E-state index in [0.717, 1.165) is 0 Å². The fourth-order valence-corrected chi connectivity index (χ4v) is 6.15. The fraction of sp³-hybridized carbons (Fsp3) is 0.286. The molecule has 1 atom stereocenters. The molecule has 0 spiro atoms. The third-order valence-electron chi connectivity index (χ3n) is 5.35. The molecule has 1 unspecified atom stereocenters. The van der Waals surface area contributed by atoms with Crippen LogP contribution in [0.5, 0.6) is 0 Å². The lowest BCUT2D eigenvalue weighted by atomic mass is 10.1. The first-order chi connectivity index (χ1) is 15.7. The first-order valence-corrected chi connectivity index (χ1v) is 13.0. The van der Waals surface area contributed by atoms with Gasteiger partial charge in [0.1, 0.15) is 17.7 Å². The van der Waals surface area contributed by atoms with Crippen LogP contribution in [-0.2, 0) is 31.8 Å². The van der Waals surface area contributed by atoms with Crippen molar-refractivity contribution in [3.05, 3.63) is 78.1 Å². The van der Waals surface area contributed by atoms with Crippen molar-refractivity contribution >= 4 is 20.0 Å². The predicted molar refractivity (Wildman–Crippen MR) is 118 cm³/mol. The van der Waals surface area contributed by atoms with Crippen molar-refractivity contribution in [2.24, 2.45) is 7.05 Å². The van der Waals surface area contributed by atoms with Crippen LogP contribution in [-0.4, -0.2) is 57.0 Å². The Balaban J connectivity index is 1.64. The summed E-state index contributed by atoms with van der Waals surface area (Å²) in [5.74, 6) is -0.282. The zero-order chi connectivity index (χ0) is 23.6. The van der Waals surface area contributed by atoms with E-state index in [-0.39, 0.29) is 28.4 Å². The summed E-state index contributed by atoms with van der Waals surface area (Å²) in [5, 5.41) is 0. The topological polar surface area (TPSA) is 111 Å². The standard InChI is InChI=1S/C21H23FN4O5S2/c1-25-11-10-23-21(25)20(18-4-2-3-5-19(18)22)24-32(27,28)16-6-8-17(9-7-16)33(29,30)26-12-14-31-15-13-26/h2-11,20,24H,12-15H2,1H3. The molecule has 0 radical (unpaired) electrons. The lowest BCUT2D eigenvalue weighted by molar-refractivity contribution is 0.0730. The Morgan fingerprint density at radius 2 is 1.64 bits per heavy atom. The summed E-state index contributed by atoms with van der Waals surface area (Å²) < 4.78 is 77.0. The molecule has 0 amide bonds. The third-order valence-corrected chi connectivity index (χ3v) is 8.70. The van der Waals surface area contributed by atoms with Crippen LogP contribution in [0.3, 0.4) is 0 Å². The molecular formula is C21H23FN4O5S2. The molecule has 3 aromatic rings. The molecule has 0 aliphatic carbocycles. The Bertz CT molecular complexity index is 1330. The Hall–Kier alpha value is -2.64. The van der Waals surface area contributed by atoms with Gasteiger partial charge in [0.15, 0.2) is 0 Å². The van der Waals surface area contributed by atoms with Crippen molar-refractivity contribution < 1.29 is 26.0 Å². The minimum Gasteiger partial charge on any atom is -0.379 e. The number of halogens is 1. The molecule has 2 aromatic carbocycles. The average molecular weight is 495 g/mol. The number of benzene rings is 2. The van der Waals surface area contributed by atoms with Gasteiger partial charge in [0.25, 0.3) is 0 Å². The number of sulfonamides is 2. The average Bonchev–Trinajstić information content (AvgIpc) is 3.24. The summed E-state index contributed by atoms with van der Waals surface area (Å²) in [6.45, 7) is 1.08. The number of hydrogen-bond acceptors (Lipinski definition) is 6. The molecule has 12 heteroatoms. The molecule has 33 heavy (non-hydrogen) atoms. The Labute approximate surface area is 191 Å². The first kappa shape index (κ1) is 23.5. The largest absolute Gasteiger partial charge is 0.379 e. The van der Waals surface area contributed by atoms with Gasteiger partial charge in [-0.3, -0.25) is 0 Å². The van der Waals surface area contributed by atoms with Crippen LogP contribution in [0, 0.1) is 5.82 Å².